The van der Waals surface area contributed by atoms with Gasteiger partial charge in [-0.05, 0) is 98.7 Å². The molecule has 1 aliphatic heterocycles. The molecule has 0 unspecified atom stereocenters. The molecule has 14 N–H and O–H groups in total. The van der Waals surface area contributed by atoms with Gasteiger partial charge in [0.1, 0.15) is 53.4 Å². The lowest BCUT2D eigenvalue weighted by Crippen LogP contribution is -2.61. The number of rotatable bonds is 36. The van der Waals surface area contributed by atoms with Crippen LogP contribution in [-0.2, 0) is 59.2 Å². The number of nitrogens with one attached hydrogen (secondary N) is 5. The zero-order chi connectivity index (χ0) is 60.5. The Labute approximate surface area is 477 Å². The van der Waals surface area contributed by atoms with E-state index >= 15 is 0 Å². The number of likely N-dealkylation sites (tertiary alicyclic amines) is 1. The van der Waals surface area contributed by atoms with Gasteiger partial charge in [-0.2, -0.15) is 11.8 Å². The van der Waals surface area contributed by atoms with Crippen molar-refractivity contribution >= 4 is 94.4 Å². The number of carboxylic acid groups (broad SMARTS) is 1. The van der Waals surface area contributed by atoms with E-state index < -0.39 is 144 Å². The number of carboxylic acids is 1. The Kier molecular flexibility index (Phi) is 28.4. The van der Waals surface area contributed by atoms with Gasteiger partial charge in [-0.25, -0.2) is 0 Å². The summed E-state index contributed by atoms with van der Waals surface area (Å²) in [7, 11) is 0. The van der Waals surface area contributed by atoms with Crippen LogP contribution in [0.2, 0.25) is 0 Å². The number of nitrogens with zero attached hydrogens (tertiary/aromatic N) is 3. The number of carbonyl (C=O) groups excluding carboxylic acids is 10. The van der Waals surface area contributed by atoms with Gasteiger partial charge in [0, 0.05) is 24.8 Å². The van der Waals surface area contributed by atoms with Gasteiger partial charge in [-0.1, -0.05) is 58.4 Å². The molecule has 0 aromatic heterocycles. The van der Waals surface area contributed by atoms with Crippen LogP contribution < -0.4 is 54.3 Å². The number of hydrogen-bond acceptors (Lipinski definition) is 17. The van der Waals surface area contributed by atoms with E-state index in [0.717, 1.165) is 16.1 Å². The molecule has 0 radical (unpaired) electrons. The predicted octanol–water partition coefficient (Wildman–Crippen LogP) is 0.131. The maximum Gasteiger partial charge on any atom is 0.304 e. The van der Waals surface area contributed by atoms with Crippen LogP contribution >= 0.6 is 23.7 Å². The Balaban J connectivity index is 1.91. The topological polar surface area (TPSA) is 431 Å². The van der Waals surface area contributed by atoms with Crippen molar-refractivity contribution in [2.24, 2.45) is 34.8 Å². The van der Waals surface area contributed by atoms with Crippen molar-refractivity contribution in [1.82, 2.24) is 35.8 Å². The molecule has 10 amide bonds. The van der Waals surface area contributed by atoms with Crippen molar-refractivity contribution < 1.29 is 67.5 Å². The first-order chi connectivity index (χ1) is 38.3. The van der Waals surface area contributed by atoms with Crippen LogP contribution in [0.1, 0.15) is 98.0 Å². The van der Waals surface area contributed by atoms with Gasteiger partial charge in [0.15, 0.2) is 0 Å². The molecule has 2 aromatic carbocycles. The second-order valence-electron chi connectivity index (χ2n) is 19.7. The van der Waals surface area contributed by atoms with Gasteiger partial charge in [0.25, 0.3) is 11.6 Å². The first-order valence-corrected chi connectivity index (χ1v) is 28.4. The molecule has 1 fully saturated rings. The van der Waals surface area contributed by atoms with Crippen molar-refractivity contribution in [3.8, 4) is 5.75 Å². The average molecular weight is 1170 g/mol. The molecule has 27 nitrogen and oxygen atoms in total. The number of nitro groups is 1. The van der Waals surface area contributed by atoms with Gasteiger partial charge < -0.3 is 64.3 Å². The number of para-hydroxylation sites is 1. The van der Waals surface area contributed by atoms with Crippen LogP contribution in [0.25, 0.3) is 0 Å². The summed E-state index contributed by atoms with van der Waals surface area (Å²) in [6.07, 6.45) is -1.27. The number of nitrogens with two attached hydrogens (primary N) is 4. The number of carbonyl (C=O) groups is 11. The average Bonchev–Trinajstić information content (AvgIpc) is 3.90. The lowest BCUT2D eigenvalue weighted by atomic mass is 9.96. The Bertz CT molecular complexity index is 2560. The molecule has 0 aliphatic carbocycles. The van der Waals surface area contributed by atoms with Crippen LogP contribution in [0.15, 0.2) is 53.4 Å². The maximum absolute atomic E-state index is 14.6. The number of ether oxygens (including phenoxy) is 1. The van der Waals surface area contributed by atoms with Gasteiger partial charge in [0.2, 0.25) is 53.2 Å². The molecule has 2 aromatic rings. The van der Waals surface area contributed by atoms with E-state index in [1.807, 2.05) is 6.92 Å². The quantitative estimate of drug-likeness (QED) is 0.0188. The summed E-state index contributed by atoms with van der Waals surface area (Å²) in [5, 5.41) is 33.8. The van der Waals surface area contributed by atoms with Crippen molar-refractivity contribution in [2.45, 2.75) is 146 Å². The van der Waals surface area contributed by atoms with Crippen LogP contribution in [0, 0.1) is 22.0 Å². The molecule has 0 saturated carbocycles. The van der Waals surface area contributed by atoms with Crippen LogP contribution in [0.5, 0.6) is 5.75 Å². The van der Waals surface area contributed by atoms with Gasteiger partial charge in [0.05, 0.1) is 30.4 Å². The Morgan fingerprint density at radius 3 is 2.01 bits per heavy atom. The highest BCUT2D eigenvalue weighted by atomic mass is 32.2. The molecule has 29 heteroatoms. The van der Waals surface area contributed by atoms with Crippen molar-refractivity contribution in [1.29, 1.82) is 0 Å². The van der Waals surface area contributed by atoms with Crippen molar-refractivity contribution in [3.05, 3.63) is 64.2 Å². The van der Waals surface area contributed by atoms with E-state index in [4.69, 9.17) is 27.7 Å². The number of aliphatic carboxylic acids is 1. The highest BCUT2D eigenvalue weighted by molar-refractivity contribution is 7.99. The lowest BCUT2D eigenvalue weighted by Gasteiger charge is -2.32. The summed E-state index contributed by atoms with van der Waals surface area (Å²) in [6.45, 7) is 8.52. The molecule has 446 valence electrons. The minimum Gasteiger partial charge on any atom is -0.494 e. The fourth-order valence-electron chi connectivity index (χ4n) is 8.43. The smallest absolute Gasteiger partial charge is 0.304 e. The number of nitro benzene ring substituents is 1. The molecule has 1 saturated heterocycles. The molecular weight excluding hydrogens is 1100 g/mol. The summed E-state index contributed by atoms with van der Waals surface area (Å²) < 4.78 is 6.38. The zero-order valence-electron chi connectivity index (χ0n) is 46.1. The van der Waals surface area contributed by atoms with E-state index in [2.05, 4.69) is 26.6 Å². The minimum atomic E-state index is -1.82. The first-order valence-electron chi connectivity index (χ1n) is 26.4. The number of hydrogen-bond donors (Lipinski definition) is 10. The van der Waals surface area contributed by atoms with Crippen molar-refractivity contribution in [3.63, 3.8) is 0 Å². The van der Waals surface area contributed by atoms with Crippen LogP contribution in [0.3, 0.4) is 0 Å². The van der Waals surface area contributed by atoms with Crippen LogP contribution in [0.4, 0.5) is 5.69 Å². The molecule has 1 heterocycles. The number of primary amides is 3. The summed E-state index contributed by atoms with van der Waals surface area (Å²) in [5.74, 6) is -10.1. The van der Waals surface area contributed by atoms with E-state index in [1.165, 1.54) is 29.2 Å². The van der Waals surface area contributed by atoms with Gasteiger partial charge >= 0.3 is 5.97 Å². The monoisotopic (exact) mass is 1170 g/mol. The van der Waals surface area contributed by atoms with Gasteiger partial charge in [-0.15, -0.1) is 0 Å². The summed E-state index contributed by atoms with van der Waals surface area (Å²) in [4.78, 5) is 159. The Morgan fingerprint density at radius 2 is 1.42 bits per heavy atom. The van der Waals surface area contributed by atoms with E-state index in [-0.39, 0.29) is 73.1 Å². The molecule has 1 aliphatic rings. The highest BCUT2D eigenvalue weighted by Crippen LogP contribution is 2.32. The predicted molar refractivity (Wildman–Crippen MR) is 299 cm³/mol. The zero-order valence-corrected chi connectivity index (χ0v) is 47.7. The molecular formula is C52H76N12O15S2. The molecule has 8 atom stereocenters. The molecule has 0 spiro atoms. The molecule has 0 bridgehead atoms. The second kappa shape index (κ2) is 33.9. The normalized spacial score (nSPS) is 15.5. The number of amides is 10. The number of thioether (sulfide) groups is 1. The second-order valence-corrected chi connectivity index (χ2v) is 22.0. The van der Waals surface area contributed by atoms with E-state index in [9.17, 15) is 68.0 Å². The molecule has 81 heavy (non-hydrogen) atoms. The third-order valence-electron chi connectivity index (χ3n) is 12.8. The summed E-state index contributed by atoms with van der Waals surface area (Å²) in [5.41, 5.74) is 23.1. The maximum atomic E-state index is 14.6. The minimum absolute atomic E-state index is 0.00688. The molecule has 3 rings (SSSR count). The summed E-state index contributed by atoms with van der Waals surface area (Å²) in [6, 6.07) is 2.57. The Hall–Kier alpha value is -7.53. The van der Waals surface area contributed by atoms with Crippen molar-refractivity contribution in [2.75, 3.05) is 31.2 Å². The highest BCUT2D eigenvalue weighted by Gasteiger charge is 2.41. The van der Waals surface area contributed by atoms with Gasteiger partial charge in [-0.3, -0.25) is 67.2 Å². The fraction of sp³-hybridized carbons (Fsp3) is 0.558. The van der Waals surface area contributed by atoms with E-state index in [1.54, 1.807) is 52.0 Å². The largest absolute Gasteiger partial charge is 0.494 e. The third kappa shape index (κ3) is 22.9. The Morgan fingerprint density at radius 1 is 0.778 bits per heavy atom. The SMILES string of the molecule is CCOc1ccc(C[C@H](N)C(=O)N[C@H](C(=O)N[C@@H](CCC(N)=O)C(=O)N[C@@H](CC(N)=O)C(=O)N[C@@H](CCSCCC(=O)O)C(=O)N2CCC[C@H]2C(=O)N[C@@H](CC(C)C)C(=O)N(CC(N)=O)Sc2ccccc2[N+](=O)[O-])[C@@H](C)CC)cc1. The van der Waals surface area contributed by atoms with Crippen LogP contribution in [-0.4, -0.2) is 158 Å². The number of benzene rings is 2. The standard InChI is InChI=1S/C52H76N12O15S2/c1-6-30(5)45(61-46(70)33(53)26-31-14-16-32(17-15-31)79-7-2)50(74)57-34(18-19-41(54)65)47(71)59-36(27-42(55)66)48(72)58-35(20-23-80-24-21-44(68)69)51(75)62-22-10-12-39(62)49(73)60-37(25-29(3)4)52(76)63(28-43(56)67)81-40-13-9-8-11-38(40)64(77)78/h8-9,11,13-17,29-30,33-37,39,45H,6-7,10,12,18-28,53H2,1-5H3,(H2,54,65)(H2,55,66)(H2,56,67)(H,57,74)(H,58,72)(H,59,71)(H,60,73)(H,61,70)(H,68,69)/t30-,33-,34-,35-,36-,37-,39-,45-/m0/s1. The first kappa shape index (κ1) is 67.7. The fourth-order valence-corrected chi connectivity index (χ4v) is 10.4. The summed E-state index contributed by atoms with van der Waals surface area (Å²) >= 11 is 1.72. The lowest BCUT2D eigenvalue weighted by molar-refractivity contribution is -0.387. The third-order valence-corrected chi connectivity index (χ3v) is 14.9. The van der Waals surface area contributed by atoms with E-state index in [0.29, 0.717) is 36.3 Å².